The van der Waals surface area contributed by atoms with Crippen LogP contribution in [0.15, 0.2) is 46.1 Å². The van der Waals surface area contributed by atoms with E-state index in [1.54, 1.807) is 50.8 Å². The number of esters is 1. The molecule has 7 atom stereocenters. The molecule has 8 rings (SSSR count). The van der Waals surface area contributed by atoms with Crippen LogP contribution in [0, 0.1) is 30.6 Å². The molecular formula is C50H68N6O11. The number of aliphatic hydroxyl groups is 2. The zero-order valence-electron chi connectivity index (χ0n) is 40.3. The maximum absolute atomic E-state index is 14.7. The van der Waals surface area contributed by atoms with Crippen molar-refractivity contribution in [3.05, 3.63) is 58.0 Å². The number of anilines is 1. The van der Waals surface area contributed by atoms with Crippen molar-refractivity contribution in [1.82, 2.24) is 14.7 Å². The summed E-state index contributed by atoms with van der Waals surface area (Å²) < 4.78 is 18.3. The van der Waals surface area contributed by atoms with Gasteiger partial charge >= 0.3 is 11.8 Å². The lowest BCUT2D eigenvalue weighted by molar-refractivity contribution is -0.158. The number of piperazine rings is 1. The summed E-state index contributed by atoms with van der Waals surface area (Å²) in [5, 5.41) is 50.6. The number of nitrogens with zero attached hydrogens (tertiary/aromatic N) is 5. The molecule has 2 aromatic rings. The number of amides is 2. The summed E-state index contributed by atoms with van der Waals surface area (Å²) in [5.74, 6) is -6.29. The zero-order chi connectivity index (χ0) is 48.7. The molecule has 2 fully saturated rings. The lowest BCUT2D eigenvalue weighted by Gasteiger charge is -2.38. The molecule has 0 radical (unpaired) electrons. The Hall–Kier alpha value is -5.36. The highest BCUT2D eigenvalue weighted by Gasteiger charge is 2.50. The number of aromatic hydroxyl groups is 2. The van der Waals surface area contributed by atoms with Crippen molar-refractivity contribution in [1.29, 1.82) is 0 Å². The number of carbonyl (C=O) groups is 4. The molecule has 17 heteroatoms. The summed E-state index contributed by atoms with van der Waals surface area (Å²) in [6.45, 7) is 18.9. The minimum absolute atomic E-state index is 0.0468. The second-order valence-corrected chi connectivity index (χ2v) is 19.9. The fourth-order valence-electron chi connectivity index (χ4n) is 9.75. The number of fused-ring (bicyclic) bond motifs is 13. The molecule has 364 valence electrons. The van der Waals surface area contributed by atoms with Gasteiger partial charge in [0, 0.05) is 100 Å². The molecule has 2 saturated heterocycles. The molecule has 67 heavy (non-hydrogen) atoms. The Balaban J connectivity index is 1.28. The van der Waals surface area contributed by atoms with E-state index in [2.05, 4.69) is 34.0 Å². The minimum atomic E-state index is -1.93. The third kappa shape index (κ3) is 10.1. The molecule has 0 aliphatic carbocycles. The summed E-state index contributed by atoms with van der Waals surface area (Å²) in [7, 11) is 1.97. The van der Waals surface area contributed by atoms with Gasteiger partial charge in [0.1, 0.15) is 40.4 Å². The van der Waals surface area contributed by atoms with Crippen molar-refractivity contribution in [2.75, 3.05) is 58.2 Å². The molecule has 5 bridgehead atoms. The van der Waals surface area contributed by atoms with Gasteiger partial charge in [-0.15, -0.1) is 0 Å². The SMILES string of the molecule is C/C1=C/C=C/C(C)[C@H](O)[C@@H](C)[C@@H](O)C[C@H](OC(=O)CC(=O)N2CCN(C)CC2)[C@H](C)C/C=C/O[C@@]2(C)Oc3c(C)c(O)c4c(O)c(c5c(c4c3C2=O)NC2(CCN(CC(C)C)CC2)N=5)=NC1=O. The smallest absolute Gasteiger partial charge is 0.315 e. The number of aliphatic hydroxyl groups excluding tert-OH is 2. The molecule has 0 saturated carbocycles. The van der Waals surface area contributed by atoms with E-state index in [1.807, 2.05) is 14.0 Å². The number of piperidine rings is 1. The number of phenols is 2. The van der Waals surface area contributed by atoms with Gasteiger partial charge in [0.05, 0.1) is 35.1 Å². The quantitative estimate of drug-likeness (QED) is 0.162. The van der Waals surface area contributed by atoms with Gasteiger partial charge in [-0.25, -0.2) is 4.99 Å². The van der Waals surface area contributed by atoms with E-state index in [9.17, 15) is 39.6 Å². The molecule has 5 N–H and O–H groups in total. The van der Waals surface area contributed by atoms with Crippen LogP contribution < -0.4 is 20.8 Å². The summed E-state index contributed by atoms with van der Waals surface area (Å²) in [5.41, 5.74) is -0.116. The van der Waals surface area contributed by atoms with Crippen molar-refractivity contribution < 1.29 is 53.8 Å². The number of ether oxygens (including phenoxy) is 3. The first-order chi connectivity index (χ1) is 31.6. The second kappa shape index (κ2) is 19.7. The first kappa shape index (κ1) is 49.5. The molecule has 6 heterocycles. The van der Waals surface area contributed by atoms with Crippen molar-refractivity contribution in [3.8, 4) is 17.2 Å². The van der Waals surface area contributed by atoms with Gasteiger partial charge in [0.15, 0.2) is 5.75 Å². The second-order valence-electron chi connectivity index (χ2n) is 19.9. The lowest BCUT2D eigenvalue weighted by Crippen LogP contribution is -2.47. The number of likely N-dealkylation sites (N-methyl/N-ethyl adjacent to an activating group) is 1. The Labute approximate surface area is 391 Å². The van der Waals surface area contributed by atoms with E-state index in [4.69, 9.17) is 19.2 Å². The van der Waals surface area contributed by atoms with Crippen LogP contribution >= 0.6 is 0 Å². The number of ketones is 1. The standard InChI is InChI=1S/C50H68N6O11/c1-27(2)26-55-17-15-50(16-18-55)52-40-37-38-44(61)32(7)46-39(37)47(63)49(8,67-46)65-23-11-14-28(3)34(66-36(59)25-35(58)56-21-19-54(9)20-22-56)24-33(57)31(6)43(60)29(4)12-10-13-30(5)48(64)51-42(45(38)62)41(40)53-50/h10-13,23,27-29,31,33-34,43,52,57,60-62H,14-22,24-26H2,1-9H3/b12-10+,23-11+,30-13-,51-42?/t28-,29?,31+,33+,34+,43+,49+/m1/s1. The van der Waals surface area contributed by atoms with Gasteiger partial charge in [-0.3, -0.25) is 24.2 Å². The first-order valence-corrected chi connectivity index (χ1v) is 23.6. The predicted molar refractivity (Wildman–Crippen MR) is 250 cm³/mol. The monoisotopic (exact) mass is 928 g/mol. The summed E-state index contributed by atoms with van der Waals surface area (Å²) in [6, 6.07) is 0. The summed E-state index contributed by atoms with van der Waals surface area (Å²) >= 11 is 0. The van der Waals surface area contributed by atoms with Crippen molar-refractivity contribution >= 4 is 40.0 Å². The van der Waals surface area contributed by atoms with Crippen LogP contribution in [-0.2, 0) is 23.9 Å². The predicted octanol–water partition coefficient (Wildman–Crippen LogP) is 4.02. The third-order valence-corrected chi connectivity index (χ3v) is 14.2. The number of rotatable bonds is 5. The molecular weight excluding hydrogens is 861 g/mol. The molecule has 0 aromatic heterocycles. The zero-order valence-corrected chi connectivity index (χ0v) is 40.3. The number of allylic oxidation sites excluding steroid dienone is 3. The largest absolute Gasteiger partial charge is 0.507 e. The fourth-order valence-corrected chi connectivity index (χ4v) is 9.75. The highest BCUT2D eigenvalue weighted by molar-refractivity contribution is 6.21. The van der Waals surface area contributed by atoms with Crippen LogP contribution in [-0.4, -0.2) is 141 Å². The van der Waals surface area contributed by atoms with Crippen LogP contribution in [0.1, 0.15) is 96.5 Å². The van der Waals surface area contributed by atoms with Gasteiger partial charge in [-0.2, -0.15) is 0 Å². The number of Topliss-reactive ketones (excluding diaryl/α,β-unsaturated/α-hetero) is 1. The van der Waals surface area contributed by atoms with Crippen molar-refractivity contribution in [3.63, 3.8) is 0 Å². The highest BCUT2D eigenvalue weighted by Crippen LogP contribution is 2.51. The Bertz CT molecular complexity index is 2500. The molecule has 6 aliphatic rings. The van der Waals surface area contributed by atoms with Crippen molar-refractivity contribution in [2.24, 2.45) is 33.7 Å². The molecule has 1 unspecified atom stereocenters. The molecule has 2 aromatic carbocycles. The van der Waals surface area contributed by atoms with Crippen LogP contribution in [0.2, 0.25) is 0 Å². The Morgan fingerprint density at radius 2 is 1.67 bits per heavy atom. The van der Waals surface area contributed by atoms with E-state index < -0.39 is 77.3 Å². The van der Waals surface area contributed by atoms with Gasteiger partial charge in [0.2, 0.25) is 5.91 Å². The van der Waals surface area contributed by atoms with Gasteiger partial charge in [0.25, 0.3) is 11.7 Å². The minimum Gasteiger partial charge on any atom is -0.507 e. The Morgan fingerprint density at radius 3 is 2.34 bits per heavy atom. The number of carbonyl (C=O) groups excluding carboxylic acids is 4. The van der Waals surface area contributed by atoms with E-state index in [-0.39, 0.29) is 68.4 Å². The van der Waals surface area contributed by atoms with Gasteiger partial charge in [-0.05, 0) is 45.2 Å². The van der Waals surface area contributed by atoms with Gasteiger partial charge in [-0.1, -0.05) is 52.8 Å². The summed E-state index contributed by atoms with van der Waals surface area (Å²) in [6.07, 6.45) is 5.64. The van der Waals surface area contributed by atoms with Crippen molar-refractivity contribution in [2.45, 2.75) is 117 Å². The molecule has 6 aliphatic heterocycles. The van der Waals surface area contributed by atoms with E-state index >= 15 is 0 Å². The van der Waals surface area contributed by atoms with Crippen LogP contribution in [0.5, 0.6) is 17.2 Å². The number of hydrogen-bond donors (Lipinski definition) is 5. The third-order valence-electron chi connectivity index (χ3n) is 14.2. The average molecular weight is 929 g/mol. The number of likely N-dealkylation sites (tertiary alicyclic amines) is 1. The van der Waals surface area contributed by atoms with Crippen LogP contribution in [0.25, 0.3) is 10.8 Å². The van der Waals surface area contributed by atoms with E-state index in [0.717, 1.165) is 19.6 Å². The topological polar surface area (TPSA) is 223 Å². The molecule has 17 nitrogen and oxygen atoms in total. The number of hydrogen-bond acceptors (Lipinski definition) is 15. The maximum atomic E-state index is 14.7. The highest BCUT2D eigenvalue weighted by atomic mass is 16.7. The van der Waals surface area contributed by atoms with E-state index in [1.165, 1.54) is 19.3 Å². The van der Waals surface area contributed by atoms with Crippen LogP contribution in [0.3, 0.4) is 0 Å². The molecule has 1 spiro atoms. The lowest BCUT2D eigenvalue weighted by atomic mass is 9.84. The fraction of sp³-hybridized carbons (Fsp3) is 0.600. The maximum Gasteiger partial charge on any atom is 0.315 e. The van der Waals surface area contributed by atoms with Gasteiger partial charge < -0.3 is 54.7 Å². The molecule has 2 amide bonds. The summed E-state index contributed by atoms with van der Waals surface area (Å²) in [4.78, 5) is 70.8. The van der Waals surface area contributed by atoms with E-state index in [0.29, 0.717) is 50.6 Å². The first-order valence-electron chi connectivity index (χ1n) is 23.6. The number of benzene rings is 2. The Kier molecular flexibility index (Phi) is 14.6. The number of phenolic OH excluding ortho intramolecular Hbond substituents is 2. The number of nitrogens with one attached hydrogen (secondary N) is 1. The van der Waals surface area contributed by atoms with Crippen LogP contribution in [0.4, 0.5) is 5.69 Å². The normalized spacial score (nSPS) is 30.2. The average Bonchev–Trinajstić information content (AvgIpc) is 3.78. The Morgan fingerprint density at radius 1 is 0.985 bits per heavy atom.